The third-order valence-corrected chi connectivity index (χ3v) is 6.68. The van der Waals surface area contributed by atoms with Gasteiger partial charge in [0.15, 0.2) is 0 Å². The van der Waals surface area contributed by atoms with Gasteiger partial charge < -0.3 is 9.80 Å². The normalized spacial score (nSPS) is 20.3. The first-order valence-electron chi connectivity index (χ1n) is 11.3. The van der Waals surface area contributed by atoms with E-state index in [1.807, 2.05) is 53.1 Å². The molecule has 0 aliphatic carbocycles. The first-order valence-corrected chi connectivity index (χ1v) is 11.3. The van der Waals surface area contributed by atoms with E-state index in [1.165, 1.54) is 5.56 Å². The van der Waals surface area contributed by atoms with Crippen LogP contribution >= 0.6 is 0 Å². The summed E-state index contributed by atoms with van der Waals surface area (Å²) in [5.74, 6) is 1.24. The van der Waals surface area contributed by atoms with E-state index in [2.05, 4.69) is 19.1 Å². The summed E-state index contributed by atoms with van der Waals surface area (Å²) < 4.78 is 0. The van der Waals surface area contributed by atoms with Crippen LogP contribution in [0.15, 0.2) is 48.5 Å². The van der Waals surface area contributed by atoms with Gasteiger partial charge in [0.25, 0.3) is 11.8 Å². The van der Waals surface area contributed by atoms with E-state index in [4.69, 9.17) is 0 Å². The van der Waals surface area contributed by atoms with E-state index in [1.54, 1.807) is 0 Å². The van der Waals surface area contributed by atoms with Crippen LogP contribution in [0.1, 0.15) is 70.4 Å². The zero-order valence-electron chi connectivity index (χ0n) is 18.1. The standard InChI is InChI=1S/C26H32N2O2/c1-19-8-10-21(11-9-19)25(29)28-14-4-7-24(18-28)22-5-3-6-23(17-22)26(30)27-15-12-20(2)13-16-27/h3,5-6,8-11,17,20,24H,4,7,12-16,18H2,1-2H3/t24-/m0/s1. The minimum absolute atomic E-state index is 0.106. The molecule has 0 bridgehead atoms. The Morgan fingerprint density at radius 2 is 1.53 bits per heavy atom. The molecular weight excluding hydrogens is 372 g/mol. The number of aryl methyl sites for hydroxylation is 1. The molecule has 2 aromatic carbocycles. The first kappa shape index (κ1) is 20.6. The average molecular weight is 405 g/mol. The van der Waals surface area contributed by atoms with Crippen molar-refractivity contribution < 1.29 is 9.59 Å². The van der Waals surface area contributed by atoms with Gasteiger partial charge in [-0.2, -0.15) is 0 Å². The van der Waals surface area contributed by atoms with E-state index in [0.29, 0.717) is 12.5 Å². The topological polar surface area (TPSA) is 40.6 Å². The van der Waals surface area contributed by atoms with Crippen molar-refractivity contribution in [3.05, 3.63) is 70.8 Å². The summed E-state index contributed by atoms with van der Waals surface area (Å²) in [5, 5.41) is 0. The van der Waals surface area contributed by atoms with Crippen molar-refractivity contribution in [2.45, 2.75) is 45.4 Å². The monoisotopic (exact) mass is 404 g/mol. The van der Waals surface area contributed by atoms with Crippen LogP contribution in [0.4, 0.5) is 0 Å². The van der Waals surface area contributed by atoms with Crippen molar-refractivity contribution in [3.63, 3.8) is 0 Å². The second kappa shape index (κ2) is 9.03. The molecule has 2 aromatic rings. The number of benzene rings is 2. The molecule has 0 unspecified atom stereocenters. The van der Waals surface area contributed by atoms with Crippen LogP contribution in [-0.4, -0.2) is 47.8 Å². The van der Waals surface area contributed by atoms with Crippen molar-refractivity contribution >= 4 is 11.8 Å². The van der Waals surface area contributed by atoms with Gasteiger partial charge in [0.2, 0.25) is 0 Å². The number of rotatable bonds is 3. The van der Waals surface area contributed by atoms with Crippen molar-refractivity contribution in [2.24, 2.45) is 5.92 Å². The molecule has 30 heavy (non-hydrogen) atoms. The Hall–Kier alpha value is -2.62. The van der Waals surface area contributed by atoms with Gasteiger partial charge in [-0.25, -0.2) is 0 Å². The lowest BCUT2D eigenvalue weighted by molar-refractivity contribution is 0.0689. The van der Waals surface area contributed by atoms with Gasteiger partial charge in [-0.05, 0) is 68.4 Å². The molecular formula is C26H32N2O2. The molecule has 2 saturated heterocycles. The third kappa shape index (κ3) is 4.58. The van der Waals surface area contributed by atoms with Crippen molar-refractivity contribution in [3.8, 4) is 0 Å². The Labute approximate surface area is 179 Å². The lowest BCUT2D eigenvalue weighted by atomic mass is 9.89. The maximum Gasteiger partial charge on any atom is 0.253 e. The quantitative estimate of drug-likeness (QED) is 0.731. The molecule has 2 heterocycles. The first-order chi connectivity index (χ1) is 14.5. The van der Waals surface area contributed by atoms with Gasteiger partial charge in [-0.15, -0.1) is 0 Å². The van der Waals surface area contributed by atoms with Crippen LogP contribution < -0.4 is 0 Å². The zero-order valence-corrected chi connectivity index (χ0v) is 18.1. The molecule has 0 aromatic heterocycles. The summed E-state index contributed by atoms with van der Waals surface area (Å²) in [5.41, 5.74) is 3.87. The molecule has 4 nitrogen and oxygen atoms in total. The van der Waals surface area contributed by atoms with E-state index in [9.17, 15) is 9.59 Å². The largest absolute Gasteiger partial charge is 0.339 e. The molecule has 0 spiro atoms. The lowest BCUT2D eigenvalue weighted by Gasteiger charge is -2.33. The Morgan fingerprint density at radius 3 is 2.27 bits per heavy atom. The Balaban J connectivity index is 1.46. The highest BCUT2D eigenvalue weighted by molar-refractivity contribution is 5.95. The fourth-order valence-corrected chi connectivity index (χ4v) is 4.63. The van der Waals surface area contributed by atoms with Crippen molar-refractivity contribution in [1.29, 1.82) is 0 Å². The molecule has 0 saturated carbocycles. The Bertz CT molecular complexity index is 898. The Morgan fingerprint density at radius 1 is 0.833 bits per heavy atom. The number of carbonyl (C=O) groups excluding carboxylic acids is 2. The summed E-state index contributed by atoms with van der Waals surface area (Å²) >= 11 is 0. The number of carbonyl (C=O) groups is 2. The maximum atomic E-state index is 13.0. The summed E-state index contributed by atoms with van der Waals surface area (Å²) in [7, 11) is 0. The minimum atomic E-state index is 0.106. The van der Waals surface area contributed by atoms with Crippen LogP contribution in [0.5, 0.6) is 0 Å². The van der Waals surface area contributed by atoms with Crippen LogP contribution in [0.25, 0.3) is 0 Å². The van der Waals surface area contributed by atoms with Crippen LogP contribution in [0.2, 0.25) is 0 Å². The fraction of sp³-hybridized carbons (Fsp3) is 0.462. The molecule has 2 amide bonds. The summed E-state index contributed by atoms with van der Waals surface area (Å²) in [4.78, 5) is 29.9. The highest BCUT2D eigenvalue weighted by atomic mass is 16.2. The van der Waals surface area contributed by atoms with E-state index >= 15 is 0 Å². The minimum Gasteiger partial charge on any atom is -0.339 e. The van der Waals surface area contributed by atoms with Gasteiger partial charge in [-0.3, -0.25) is 9.59 Å². The predicted octanol–water partition coefficient (Wildman–Crippen LogP) is 4.89. The van der Waals surface area contributed by atoms with Crippen molar-refractivity contribution in [2.75, 3.05) is 26.2 Å². The fourth-order valence-electron chi connectivity index (χ4n) is 4.63. The number of nitrogens with zero attached hydrogens (tertiary/aromatic N) is 2. The maximum absolute atomic E-state index is 13.0. The molecule has 0 radical (unpaired) electrons. The molecule has 4 rings (SSSR count). The number of piperidine rings is 2. The van der Waals surface area contributed by atoms with Crippen molar-refractivity contribution in [1.82, 2.24) is 9.80 Å². The molecule has 1 atom stereocenters. The SMILES string of the molecule is Cc1ccc(C(=O)N2CCC[C@H](c3cccc(C(=O)N4CCC(C)CC4)c3)C2)cc1. The second-order valence-corrected chi connectivity index (χ2v) is 9.06. The predicted molar refractivity (Wildman–Crippen MR) is 120 cm³/mol. The molecule has 2 fully saturated rings. The number of hydrogen-bond acceptors (Lipinski definition) is 2. The van der Waals surface area contributed by atoms with E-state index in [-0.39, 0.29) is 17.7 Å². The zero-order chi connectivity index (χ0) is 21.1. The summed E-state index contributed by atoms with van der Waals surface area (Å²) in [6.07, 6.45) is 4.22. The van der Waals surface area contributed by atoms with Crippen LogP contribution in [0, 0.1) is 12.8 Å². The summed E-state index contributed by atoms with van der Waals surface area (Å²) in [6.45, 7) is 7.51. The highest BCUT2D eigenvalue weighted by Crippen LogP contribution is 2.29. The molecule has 158 valence electrons. The average Bonchev–Trinajstić information content (AvgIpc) is 2.79. The smallest absolute Gasteiger partial charge is 0.253 e. The van der Waals surface area contributed by atoms with Gasteiger partial charge in [-0.1, -0.05) is 36.8 Å². The molecule has 2 aliphatic rings. The molecule has 0 N–H and O–H groups in total. The highest BCUT2D eigenvalue weighted by Gasteiger charge is 2.27. The summed E-state index contributed by atoms with van der Waals surface area (Å²) in [6, 6.07) is 15.9. The molecule has 2 aliphatic heterocycles. The second-order valence-electron chi connectivity index (χ2n) is 9.06. The van der Waals surface area contributed by atoms with E-state index in [0.717, 1.165) is 62.0 Å². The molecule has 4 heteroatoms. The van der Waals surface area contributed by atoms with Gasteiger partial charge >= 0.3 is 0 Å². The van der Waals surface area contributed by atoms with Crippen LogP contribution in [-0.2, 0) is 0 Å². The number of hydrogen-bond donors (Lipinski definition) is 0. The van der Waals surface area contributed by atoms with E-state index < -0.39 is 0 Å². The van der Waals surface area contributed by atoms with Crippen LogP contribution in [0.3, 0.4) is 0 Å². The Kier molecular flexibility index (Phi) is 6.21. The third-order valence-electron chi connectivity index (χ3n) is 6.68. The number of amides is 2. The van der Waals surface area contributed by atoms with Gasteiger partial charge in [0.05, 0.1) is 0 Å². The van der Waals surface area contributed by atoms with Gasteiger partial charge in [0.1, 0.15) is 0 Å². The number of likely N-dealkylation sites (tertiary alicyclic amines) is 2. The van der Waals surface area contributed by atoms with Gasteiger partial charge in [0, 0.05) is 43.2 Å². The lowest BCUT2D eigenvalue weighted by Crippen LogP contribution is -2.39.